The molecule has 5 aliphatic heterocycles. The van der Waals surface area contributed by atoms with Crippen LogP contribution < -0.4 is 63.0 Å². The van der Waals surface area contributed by atoms with Crippen LogP contribution in [0, 0.1) is 47.3 Å². The number of hydrogen-bond acceptors (Lipinski definition) is 26. The summed E-state index contributed by atoms with van der Waals surface area (Å²) in [4.78, 5) is 12.3. The van der Waals surface area contributed by atoms with Gasteiger partial charge in [-0.15, -0.1) is 0 Å². The Kier molecular flexibility index (Phi) is 17.6. The second-order valence-electron chi connectivity index (χ2n) is 23.7. The van der Waals surface area contributed by atoms with Gasteiger partial charge in [0.1, 0.15) is 0 Å². The zero-order valence-corrected chi connectivity index (χ0v) is 50.2. The number of halogens is 1. The maximum atomic E-state index is 14.3. The molecule has 9 aliphatic rings. The van der Waals surface area contributed by atoms with E-state index in [-0.39, 0.29) is 127 Å². The Balaban J connectivity index is 0.797. The fraction of sp³-hybridized carbons (Fsp3) is 0.800. The Labute approximate surface area is 487 Å². The summed E-state index contributed by atoms with van der Waals surface area (Å²) in [6.45, 7) is -0.847. The Hall–Kier alpha value is -2.74. The highest BCUT2D eigenvalue weighted by atomic mass is 35.5. The van der Waals surface area contributed by atoms with E-state index in [4.69, 9.17) is 21.3 Å². The number of primary sulfonamides is 1. The molecule has 4 saturated carbocycles. The molecule has 11 rings (SSSR count). The molecule has 9 fully saturated rings. The van der Waals surface area contributed by atoms with E-state index in [0.29, 0.717) is 44.2 Å². The number of fused-ring (bicyclic) bond motifs is 20. The second-order valence-corrected chi connectivity index (χ2v) is 34.5. The van der Waals surface area contributed by atoms with Crippen LogP contribution in [0.3, 0.4) is 0 Å². The molecule has 20 atom stereocenters. The molecular weight excluding hydrogens is 1230 g/mol. The molecular formula is C45H72ClN15O16S6. The normalized spacial score (nSPS) is 38.6. The lowest BCUT2D eigenvalue weighted by Gasteiger charge is -2.38. The number of nitrogens with two attached hydrogens (primary N) is 1. The first kappa shape index (κ1) is 61.9. The van der Waals surface area contributed by atoms with Crippen LogP contribution in [0.2, 0.25) is 5.28 Å². The van der Waals surface area contributed by atoms with Gasteiger partial charge in [0.25, 0.3) is 20.2 Å². The van der Waals surface area contributed by atoms with Crippen LogP contribution in [0.1, 0.15) is 77.0 Å². The number of nitrogens with zero attached hydrogens (tertiary/aromatic N) is 3. The summed E-state index contributed by atoms with van der Waals surface area (Å²) in [7, 11) is -25.4. The van der Waals surface area contributed by atoms with Gasteiger partial charge in [0.05, 0.1) is 87.6 Å². The van der Waals surface area contributed by atoms with Crippen LogP contribution in [0.15, 0.2) is 29.2 Å². The summed E-state index contributed by atoms with van der Waals surface area (Å²) in [6.07, 6.45) is 0.453. The zero-order valence-electron chi connectivity index (χ0n) is 44.6. The van der Waals surface area contributed by atoms with E-state index in [2.05, 4.69) is 77.0 Å². The first-order chi connectivity index (χ1) is 39.0. The van der Waals surface area contributed by atoms with E-state index in [1.807, 2.05) is 0 Å². The van der Waals surface area contributed by atoms with E-state index < -0.39 is 137 Å². The molecule has 0 amide bonds. The lowest BCUT2D eigenvalue weighted by Crippen LogP contribution is -2.61. The number of rotatable bonds is 16. The SMILES string of the molecule is NS(=O)(=O)C1CCC2C3NC(NC4NC(NC5NC(NC6NC(N3)C3CC(S(=O)(=O)NCCNc7nc(Cl)nc(Nc8ccc(S(=O)(=O)CCOS(=O)(=O)O)cc8)n7)CCC63)C3CC(S(=O)(=O)O)CCC53)C3CC(S(=O)(=O)O)CCC43)C2C1. The van der Waals surface area contributed by atoms with Crippen molar-refractivity contribution in [3.05, 3.63) is 29.5 Å². The molecule has 38 heteroatoms. The monoisotopic (exact) mass is 1310 g/mol. The first-order valence-corrected chi connectivity index (χ1v) is 37.4. The number of hydrogen-bond donors (Lipinski definition) is 15. The number of sulfone groups is 1. The summed E-state index contributed by atoms with van der Waals surface area (Å²) < 4.78 is 188. The molecule has 0 radical (unpaired) electrons. The van der Waals surface area contributed by atoms with E-state index in [1.165, 1.54) is 24.3 Å². The lowest BCUT2D eigenvalue weighted by molar-refractivity contribution is 0.168. The molecule has 8 bridgehead atoms. The van der Waals surface area contributed by atoms with Crippen molar-refractivity contribution < 1.29 is 68.3 Å². The van der Waals surface area contributed by atoms with Gasteiger partial charge in [-0.2, -0.15) is 40.2 Å². The number of aromatic nitrogens is 3. The number of benzene rings is 1. The summed E-state index contributed by atoms with van der Waals surface area (Å²) in [6, 6.07) is 5.31. The van der Waals surface area contributed by atoms with Crippen LogP contribution >= 0.6 is 11.6 Å². The van der Waals surface area contributed by atoms with Crippen molar-refractivity contribution in [3.63, 3.8) is 0 Å². The highest BCUT2D eigenvalue weighted by molar-refractivity contribution is 7.91. The van der Waals surface area contributed by atoms with Gasteiger partial charge < -0.3 is 10.6 Å². The molecule has 1 aromatic carbocycles. The highest BCUT2D eigenvalue weighted by Gasteiger charge is 2.58. The topological polar surface area (TPSA) is 472 Å². The minimum Gasteiger partial charge on any atom is -0.353 e. The van der Waals surface area contributed by atoms with Crippen LogP contribution in [-0.4, -0.2) is 175 Å². The van der Waals surface area contributed by atoms with Crippen molar-refractivity contribution in [3.8, 4) is 0 Å². The highest BCUT2D eigenvalue weighted by Crippen LogP contribution is 2.48. The van der Waals surface area contributed by atoms with E-state index in [0.717, 1.165) is 0 Å². The quantitative estimate of drug-likeness (QED) is 0.0626. The van der Waals surface area contributed by atoms with E-state index in [1.54, 1.807) is 0 Å². The van der Waals surface area contributed by atoms with Crippen molar-refractivity contribution >= 4 is 89.7 Å². The van der Waals surface area contributed by atoms with Gasteiger partial charge in [0, 0.05) is 18.8 Å². The summed E-state index contributed by atoms with van der Waals surface area (Å²) in [5.74, 6) is -2.25. The third-order valence-corrected chi connectivity index (χ3v) is 27.2. The van der Waals surface area contributed by atoms with Gasteiger partial charge in [-0.25, -0.2) is 39.3 Å². The van der Waals surface area contributed by atoms with Gasteiger partial charge in [0.2, 0.25) is 37.2 Å². The zero-order chi connectivity index (χ0) is 59.2. The van der Waals surface area contributed by atoms with E-state index in [9.17, 15) is 59.6 Å². The Morgan fingerprint density at radius 1 is 0.506 bits per heavy atom. The molecule has 2 aromatic rings. The lowest BCUT2D eigenvalue weighted by atomic mass is 9.76. The van der Waals surface area contributed by atoms with Crippen molar-refractivity contribution in [2.45, 2.75) is 152 Å². The van der Waals surface area contributed by atoms with Gasteiger partial charge in [-0.1, -0.05) is 0 Å². The van der Waals surface area contributed by atoms with Crippen LogP contribution in [0.25, 0.3) is 0 Å². The van der Waals surface area contributed by atoms with E-state index >= 15 is 0 Å². The van der Waals surface area contributed by atoms with Gasteiger partial charge in [-0.3, -0.25) is 56.2 Å². The first-order valence-electron chi connectivity index (χ1n) is 27.8. The van der Waals surface area contributed by atoms with Crippen LogP contribution in [0.5, 0.6) is 0 Å². The summed E-state index contributed by atoms with van der Waals surface area (Å²) in [5.41, 5.74) is 0.343. The summed E-state index contributed by atoms with van der Waals surface area (Å²) in [5, 5.41) is 38.2. The molecule has 16 N–H and O–H groups in total. The molecule has 466 valence electrons. The largest absolute Gasteiger partial charge is 0.397 e. The molecule has 20 unspecified atom stereocenters. The minimum absolute atomic E-state index is 0.00245. The smallest absolute Gasteiger partial charge is 0.353 e. The standard InChI is InChI=1S/C45H72ClN15O16S6/c46-43-59-44(61-45(60-43)50-21-1-3-22(4-2-21)78(62,63)16-15-77-83(74,75)76)48-13-14-49-80(66,67)24-6-10-28-32(18-24)40-53-35-27-9-5-23(79(47,64)65)17-31(27)39(51-35)52-37-29-11-7-25(81(68,69)70)19-33(29)42(56-37)58-38-30-12-8-26(82(71,72)73)20-34(30)41(57-38)55-36(28)54-40/h1-4,23-42,49,51-58H,5-20H2,(H2,47,64,65)(H,68,69,70)(H,71,72,73)(H,74,75,76)(H2,48,50,59,60,61). The van der Waals surface area contributed by atoms with Gasteiger partial charge in [0.15, 0.2) is 9.84 Å². The minimum atomic E-state index is -4.82. The summed E-state index contributed by atoms with van der Waals surface area (Å²) >= 11 is 6.22. The Morgan fingerprint density at radius 2 is 0.892 bits per heavy atom. The molecule has 0 spiro atoms. The average molecular weight is 1310 g/mol. The predicted molar refractivity (Wildman–Crippen MR) is 300 cm³/mol. The maximum absolute atomic E-state index is 14.3. The molecule has 4 aliphatic carbocycles. The third-order valence-electron chi connectivity index (χ3n) is 19.0. The molecule has 5 saturated heterocycles. The fourth-order valence-corrected chi connectivity index (χ4v) is 21.1. The molecule has 31 nitrogen and oxygen atoms in total. The van der Waals surface area contributed by atoms with Crippen molar-refractivity contribution in [2.75, 3.05) is 36.1 Å². The Morgan fingerprint density at radius 3 is 1.31 bits per heavy atom. The van der Waals surface area contributed by atoms with Crippen molar-refractivity contribution in [1.82, 2.24) is 62.2 Å². The Bertz CT molecular complexity index is 3410. The van der Waals surface area contributed by atoms with Crippen LogP contribution in [-0.2, 0) is 64.7 Å². The van der Waals surface area contributed by atoms with Gasteiger partial charge in [-0.05, 0) is 160 Å². The van der Waals surface area contributed by atoms with Crippen molar-refractivity contribution in [2.24, 2.45) is 52.5 Å². The number of anilines is 3. The average Bonchev–Trinajstić information content (AvgIpc) is 2.45. The third kappa shape index (κ3) is 13.8. The number of nitrogens with one attached hydrogen (secondary N) is 11. The fourth-order valence-electron chi connectivity index (χ4n) is 15.2. The molecule has 83 heavy (non-hydrogen) atoms. The second kappa shape index (κ2) is 23.7. The van der Waals surface area contributed by atoms with Crippen molar-refractivity contribution in [1.29, 1.82) is 0 Å². The molecule has 6 heterocycles. The predicted octanol–water partition coefficient (Wildman–Crippen LogP) is -2.21. The maximum Gasteiger partial charge on any atom is 0.397 e. The van der Waals surface area contributed by atoms with Gasteiger partial charge >= 0.3 is 10.4 Å². The number of sulfonamides is 2. The molecule has 1 aromatic heterocycles. The van der Waals surface area contributed by atoms with Crippen LogP contribution in [0.4, 0.5) is 17.6 Å².